The predicted octanol–water partition coefficient (Wildman–Crippen LogP) is 3.63. The van der Waals surface area contributed by atoms with Crippen LogP contribution >= 0.6 is 24.0 Å². The van der Waals surface area contributed by atoms with E-state index < -0.39 is 5.60 Å². The van der Waals surface area contributed by atoms with E-state index in [4.69, 9.17) is 4.74 Å². The molecule has 0 aromatic rings. The van der Waals surface area contributed by atoms with Gasteiger partial charge in [0.15, 0.2) is 5.96 Å². The van der Waals surface area contributed by atoms with Crippen LogP contribution in [0.1, 0.15) is 59.3 Å². The Balaban J connectivity index is 0.00000341. The van der Waals surface area contributed by atoms with Crippen LogP contribution in [0.2, 0.25) is 0 Å². The number of hydrogen-bond donors (Lipinski definition) is 1. The van der Waals surface area contributed by atoms with Crippen LogP contribution in [0.25, 0.3) is 0 Å². The van der Waals surface area contributed by atoms with Crippen molar-refractivity contribution in [2.45, 2.75) is 70.9 Å². The Labute approximate surface area is 206 Å². The van der Waals surface area contributed by atoms with E-state index in [1.165, 1.54) is 32.2 Å². The van der Waals surface area contributed by atoms with Crippen LogP contribution in [-0.4, -0.2) is 91.8 Å². The standard InChI is InChI=1S/C23H43N5O2.HI/c1-23(2,3)30-22(29)28(17-18-8-9-18)20-10-13-27(14-11-20)21(24-4)25-15-19-7-6-12-26(5)16-19;/h18-20H,6-17H2,1-5H3,(H,24,25);1H. The zero-order valence-electron chi connectivity index (χ0n) is 20.2. The van der Waals surface area contributed by atoms with Crippen LogP contribution in [0.4, 0.5) is 4.79 Å². The Morgan fingerprint density at radius 2 is 1.77 bits per heavy atom. The molecule has 1 unspecified atom stereocenters. The summed E-state index contributed by atoms with van der Waals surface area (Å²) in [5, 5.41) is 3.61. The number of nitrogens with one attached hydrogen (secondary N) is 1. The SMILES string of the molecule is CN=C(NCC1CCCN(C)C1)N1CCC(N(CC2CC2)C(=O)OC(C)(C)C)CC1.I. The number of hydrogen-bond acceptors (Lipinski definition) is 4. The molecule has 7 nitrogen and oxygen atoms in total. The normalized spacial score (nSPS) is 23.8. The molecule has 2 heterocycles. The summed E-state index contributed by atoms with van der Waals surface area (Å²) in [5.41, 5.74) is -0.446. The van der Waals surface area contributed by atoms with E-state index in [1.807, 2.05) is 32.7 Å². The molecule has 0 bridgehead atoms. The zero-order valence-corrected chi connectivity index (χ0v) is 22.6. The summed E-state index contributed by atoms with van der Waals surface area (Å²) < 4.78 is 5.72. The van der Waals surface area contributed by atoms with Crippen molar-refractivity contribution in [3.63, 3.8) is 0 Å². The fourth-order valence-electron chi connectivity index (χ4n) is 4.67. The minimum atomic E-state index is -0.446. The quantitative estimate of drug-likeness (QED) is 0.323. The van der Waals surface area contributed by atoms with Crippen molar-refractivity contribution in [3.05, 3.63) is 0 Å². The first-order valence-electron chi connectivity index (χ1n) is 11.9. The van der Waals surface area contributed by atoms with E-state index in [0.29, 0.717) is 11.8 Å². The lowest BCUT2D eigenvalue weighted by Gasteiger charge is -2.40. The molecule has 1 aliphatic carbocycles. The Morgan fingerprint density at radius 3 is 2.32 bits per heavy atom. The Morgan fingerprint density at radius 1 is 1.10 bits per heavy atom. The van der Waals surface area contributed by atoms with E-state index in [-0.39, 0.29) is 36.1 Å². The molecule has 0 spiro atoms. The van der Waals surface area contributed by atoms with Crippen LogP contribution in [-0.2, 0) is 4.74 Å². The lowest BCUT2D eigenvalue weighted by atomic mass is 9.98. The summed E-state index contributed by atoms with van der Waals surface area (Å²) in [7, 11) is 4.09. The Bertz CT molecular complexity index is 597. The van der Waals surface area contributed by atoms with Gasteiger partial charge in [-0.05, 0) is 84.7 Å². The fourth-order valence-corrected chi connectivity index (χ4v) is 4.67. The molecule has 3 fully saturated rings. The van der Waals surface area contributed by atoms with Gasteiger partial charge in [-0.2, -0.15) is 0 Å². The number of carbonyl (C=O) groups is 1. The molecule has 0 aromatic carbocycles. The average molecular weight is 550 g/mol. The molecule has 31 heavy (non-hydrogen) atoms. The molecule has 1 atom stereocenters. The highest BCUT2D eigenvalue weighted by molar-refractivity contribution is 14.0. The summed E-state index contributed by atoms with van der Waals surface area (Å²) >= 11 is 0. The average Bonchev–Trinajstić information content (AvgIpc) is 3.50. The number of ether oxygens (including phenoxy) is 1. The molecule has 2 saturated heterocycles. The lowest BCUT2D eigenvalue weighted by molar-refractivity contribution is 0.00927. The van der Waals surface area contributed by atoms with Gasteiger partial charge in [0, 0.05) is 45.8 Å². The first-order chi connectivity index (χ1) is 14.2. The third-order valence-electron chi connectivity index (χ3n) is 6.47. The van der Waals surface area contributed by atoms with E-state index in [9.17, 15) is 4.79 Å². The first-order valence-corrected chi connectivity index (χ1v) is 11.9. The maximum atomic E-state index is 12.8. The second-order valence-corrected chi connectivity index (χ2v) is 10.5. The third-order valence-corrected chi connectivity index (χ3v) is 6.47. The largest absolute Gasteiger partial charge is 0.444 e. The maximum Gasteiger partial charge on any atom is 0.410 e. The molecule has 3 rings (SSSR count). The lowest BCUT2D eigenvalue weighted by Crippen LogP contribution is -2.53. The van der Waals surface area contributed by atoms with Crippen molar-refractivity contribution in [2.24, 2.45) is 16.8 Å². The van der Waals surface area contributed by atoms with Crippen molar-refractivity contribution in [2.75, 3.05) is 53.4 Å². The number of carbonyl (C=O) groups excluding carboxylic acids is 1. The molecule has 3 aliphatic rings. The van der Waals surface area contributed by atoms with Gasteiger partial charge in [-0.15, -0.1) is 24.0 Å². The molecular formula is C23H44IN5O2. The topological polar surface area (TPSA) is 60.4 Å². The van der Waals surface area contributed by atoms with Crippen LogP contribution in [0.15, 0.2) is 4.99 Å². The highest BCUT2D eigenvalue weighted by Crippen LogP contribution is 2.32. The summed E-state index contributed by atoms with van der Waals surface area (Å²) in [4.78, 5) is 24.2. The van der Waals surface area contributed by atoms with E-state index >= 15 is 0 Å². The monoisotopic (exact) mass is 549 g/mol. The molecule has 0 radical (unpaired) electrons. The predicted molar refractivity (Wildman–Crippen MR) is 137 cm³/mol. The second kappa shape index (κ2) is 11.9. The number of guanidine groups is 1. The highest BCUT2D eigenvalue weighted by Gasteiger charge is 2.35. The van der Waals surface area contributed by atoms with E-state index in [1.54, 1.807) is 0 Å². The maximum absolute atomic E-state index is 12.8. The van der Waals surface area contributed by atoms with Gasteiger partial charge >= 0.3 is 6.09 Å². The first kappa shape index (κ1) is 26.5. The minimum Gasteiger partial charge on any atom is -0.444 e. The molecular weight excluding hydrogens is 505 g/mol. The Hall–Kier alpha value is -0.770. The van der Waals surface area contributed by atoms with Gasteiger partial charge in [-0.1, -0.05) is 0 Å². The highest BCUT2D eigenvalue weighted by atomic mass is 127. The number of aliphatic imine (C=N–C) groups is 1. The summed E-state index contributed by atoms with van der Waals surface area (Å²) in [5.74, 6) is 2.37. The summed E-state index contributed by atoms with van der Waals surface area (Å²) in [6.07, 6.45) is 6.86. The van der Waals surface area contributed by atoms with Crippen molar-refractivity contribution in [3.8, 4) is 0 Å². The molecule has 180 valence electrons. The van der Waals surface area contributed by atoms with Gasteiger partial charge in [0.2, 0.25) is 0 Å². The number of amides is 1. The van der Waals surface area contributed by atoms with Gasteiger partial charge in [0.25, 0.3) is 0 Å². The van der Waals surface area contributed by atoms with Crippen molar-refractivity contribution in [1.29, 1.82) is 0 Å². The minimum absolute atomic E-state index is 0. The molecule has 8 heteroatoms. The van der Waals surface area contributed by atoms with Gasteiger partial charge < -0.3 is 24.8 Å². The van der Waals surface area contributed by atoms with Crippen molar-refractivity contribution < 1.29 is 9.53 Å². The molecule has 2 aliphatic heterocycles. The van der Waals surface area contributed by atoms with Crippen LogP contribution in [0.3, 0.4) is 0 Å². The molecule has 1 N–H and O–H groups in total. The van der Waals surface area contributed by atoms with E-state index in [0.717, 1.165) is 51.5 Å². The summed E-state index contributed by atoms with van der Waals surface area (Å²) in [6.45, 7) is 11.9. The summed E-state index contributed by atoms with van der Waals surface area (Å²) in [6, 6.07) is 0.266. The van der Waals surface area contributed by atoms with Gasteiger partial charge in [-0.25, -0.2) is 4.79 Å². The fraction of sp³-hybridized carbons (Fsp3) is 0.913. The van der Waals surface area contributed by atoms with Gasteiger partial charge in [0.1, 0.15) is 5.60 Å². The number of rotatable bonds is 5. The number of likely N-dealkylation sites (tertiary alicyclic amines) is 2. The van der Waals surface area contributed by atoms with Crippen LogP contribution in [0, 0.1) is 11.8 Å². The van der Waals surface area contributed by atoms with Crippen LogP contribution in [0.5, 0.6) is 0 Å². The van der Waals surface area contributed by atoms with Crippen molar-refractivity contribution >= 4 is 36.0 Å². The van der Waals surface area contributed by atoms with Gasteiger partial charge in [0.05, 0.1) is 0 Å². The zero-order chi connectivity index (χ0) is 21.7. The Kier molecular flexibility index (Phi) is 10.2. The van der Waals surface area contributed by atoms with Crippen LogP contribution < -0.4 is 5.32 Å². The van der Waals surface area contributed by atoms with Gasteiger partial charge in [-0.3, -0.25) is 4.99 Å². The number of piperidine rings is 2. The second-order valence-electron chi connectivity index (χ2n) is 10.5. The molecule has 1 amide bonds. The smallest absolute Gasteiger partial charge is 0.410 e. The van der Waals surface area contributed by atoms with E-state index in [2.05, 4.69) is 27.2 Å². The molecule has 0 aromatic heterocycles. The number of nitrogens with zero attached hydrogens (tertiary/aromatic N) is 4. The number of halogens is 1. The van der Waals surface area contributed by atoms with Crippen molar-refractivity contribution in [1.82, 2.24) is 20.0 Å². The molecule has 1 saturated carbocycles. The third kappa shape index (κ3) is 8.59.